The van der Waals surface area contributed by atoms with Crippen LogP contribution in [-0.4, -0.2) is 15.9 Å². The Hall–Kier alpha value is 0.660. The lowest BCUT2D eigenvalue weighted by Gasteiger charge is -2.23. The Bertz CT molecular complexity index is 215. The molecule has 1 aliphatic rings. The minimum absolute atomic E-state index is 0.0897. The summed E-state index contributed by atoms with van der Waals surface area (Å²) >= 11 is 12.5. The van der Waals surface area contributed by atoms with Crippen LogP contribution < -0.4 is 0 Å². The van der Waals surface area contributed by atoms with Gasteiger partial charge in [0, 0.05) is 15.8 Å². The second kappa shape index (κ2) is 4.77. The van der Waals surface area contributed by atoms with Gasteiger partial charge in [-0.15, -0.1) is 0 Å². The second-order valence-corrected chi connectivity index (χ2v) is 5.04. The molecule has 2 atom stereocenters. The lowest BCUT2D eigenvalue weighted by atomic mass is 9.91. The second-order valence-electron chi connectivity index (χ2n) is 2.81. The molecule has 68 valence electrons. The van der Waals surface area contributed by atoms with Crippen LogP contribution in [0.25, 0.3) is 0 Å². The first kappa shape index (κ1) is 10.7. The number of alkyl halides is 2. The van der Waals surface area contributed by atoms with Crippen molar-refractivity contribution in [1.82, 2.24) is 0 Å². The standard InChI is InChI=1S/C8H9Br2ClO/c9-4-8(12)6-2-1-5(11)3-7(6)10/h1,6-7H,2-4H2. The summed E-state index contributed by atoms with van der Waals surface area (Å²) in [6.45, 7) is 0. The highest BCUT2D eigenvalue weighted by molar-refractivity contribution is 9.09. The lowest BCUT2D eigenvalue weighted by Crippen LogP contribution is -2.27. The third-order valence-corrected chi connectivity index (χ3v) is 3.79. The molecule has 0 saturated heterocycles. The number of Topliss-reactive ketones (excluding diaryl/α,β-unsaturated/α-hetero) is 1. The van der Waals surface area contributed by atoms with Gasteiger partial charge in [0.1, 0.15) is 5.78 Å². The van der Waals surface area contributed by atoms with Crippen molar-refractivity contribution in [3.63, 3.8) is 0 Å². The highest BCUT2D eigenvalue weighted by Crippen LogP contribution is 2.32. The highest BCUT2D eigenvalue weighted by atomic mass is 79.9. The fraction of sp³-hybridized carbons (Fsp3) is 0.625. The minimum atomic E-state index is 0.0897. The average Bonchev–Trinajstić information content (AvgIpc) is 2.03. The molecular formula is C8H9Br2ClO. The van der Waals surface area contributed by atoms with E-state index in [1.54, 1.807) is 0 Å². The lowest BCUT2D eigenvalue weighted by molar-refractivity contribution is -0.120. The van der Waals surface area contributed by atoms with Crippen LogP contribution in [0.3, 0.4) is 0 Å². The predicted octanol–water partition coefficient (Wildman–Crippen LogP) is 3.25. The molecule has 0 heterocycles. The molecule has 0 aliphatic heterocycles. The van der Waals surface area contributed by atoms with Crippen molar-refractivity contribution >= 4 is 49.2 Å². The molecule has 0 fully saturated rings. The monoisotopic (exact) mass is 314 g/mol. The van der Waals surface area contributed by atoms with Crippen LogP contribution in [-0.2, 0) is 4.79 Å². The number of carbonyl (C=O) groups excluding carboxylic acids is 1. The summed E-state index contributed by atoms with van der Waals surface area (Å²) in [6.07, 6.45) is 3.47. The van der Waals surface area contributed by atoms with Gasteiger partial charge in [-0.3, -0.25) is 4.79 Å². The van der Waals surface area contributed by atoms with Gasteiger partial charge in [0.15, 0.2) is 0 Å². The van der Waals surface area contributed by atoms with Crippen LogP contribution in [0.2, 0.25) is 0 Å². The SMILES string of the molecule is O=C(CBr)C1CC=C(Cl)CC1Br. The van der Waals surface area contributed by atoms with Crippen LogP contribution in [0.1, 0.15) is 12.8 Å². The molecule has 0 N–H and O–H groups in total. The van der Waals surface area contributed by atoms with E-state index in [9.17, 15) is 4.79 Å². The van der Waals surface area contributed by atoms with Crippen LogP contribution in [0, 0.1) is 5.92 Å². The number of hydrogen-bond donors (Lipinski definition) is 0. The Balaban J connectivity index is 2.63. The first-order valence-corrected chi connectivity index (χ1v) is 6.14. The van der Waals surface area contributed by atoms with Gasteiger partial charge >= 0.3 is 0 Å². The molecule has 0 aromatic carbocycles. The van der Waals surface area contributed by atoms with Crippen molar-refractivity contribution in [3.05, 3.63) is 11.1 Å². The number of ketones is 1. The maximum absolute atomic E-state index is 11.3. The Morgan fingerprint density at radius 2 is 2.42 bits per heavy atom. The Morgan fingerprint density at radius 3 is 2.92 bits per heavy atom. The fourth-order valence-corrected chi connectivity index (χ4v) is 2.96. The molecule has 0 aromatic rings. The van der Waals surface area contributed by atoms with E-state index in [1.165, 1.54) is 0 Å². The van der Waals surface area contributed by atoms with Crippen molar-refractivity contribution < 1.29 is 4.79 Å². The molecule has 0 radical (unpaired) electrons. The van der Waals surface area contributed by atoms with E-state index in [0.29, 0.717) is 5.33 Å². The number of rotatable bonds is 2. The van der Waals surface area contributed by atoms with E-state index in [2.05, 4.69) is 31.9 Å². The molecule has 4 heteroatoms. The summed E-state index contributed by atoms with van der Waals surface area (Å²) in [5.41, 5.74) is 0. The highest BCUT2D eigenvalue weighted by Gasteiger charge is 2.27. The molecule has 1 rings (SSSR count). The third kappa shape index (κ3) is 2.57. The normalized spacial score (nSPS) is 29.8. The number of allylic oxidation sites excluding steroid dienone is 2. The zero-order chi connectivity index (χ0) is 9.14. The van der Waals surface area contributed by atoms with Gasteiger partial charge in [-0.1, -0.05) is 49.5 Å². The maximum atomic E-state index is 11.3. The molecule has 1 nitrogen and oxygen atoms in total. The Labute approximate surface area is 93.8 Å². The number of carbonyl (C=O) groups is 1. The van der Waals surface area contributed by atoms with E-state index in [0.717, 1.165) is 17.9 Å². The van der Waals surface area contributed by atoms with E-state index in [1.807, 2.05) is 6.08 Å². The van der Waals surface area contributed by atoms with Crippen molar-refractivity contribution in [2.24, 2.45) is 5.92 Å². The number of hydrogen-bond acceptors (Lipinski definition) is 1. The van der Waals surface area contributed by atoms with Crippen LogP contribution in [0.4, 0.5) is 0 Å². The summed E-state index contributed by atoms with van der Waals surface area (Å²) in [4.78, 5) is 11.5. The zero-order valence-corrected chi connectivity index (χ0v) is 10.3. The summed E-state index contributed by atoms with van der Waals surface area (Å²) in [5.74, 6) is 0.337. The smallest absolute Gasteiger partial charge is 0.147 e. The van der Waals surface area contributed by atoms with Crippen molar-refractivity contribution in [2.45, 2.75) is 17.7 Å². The van der Waals surface area contributed by atoms with Gasteiger partial charge in [0.2, 0.25) is 0 Å². The topological polar surface area (TPSA) is 17.1 Å². The quantitative estimate of drug-likeness (QED) is 0.715. The van der Waals surface area contributed by atoms with Gasteiger partial charge in [-0.2, -0.15) is 0 Å². The predicted molar refractivity (Wildman–Crippen MR) is 58.2 cm³/mol. The van der Waals surface area contributed by atoms with Gasteiger partial charge < -0.3 is 0 Å². The van der Waals surface area contributed by atoms with Crippen molar-refractivity contribution in [3.8, 4) is 0 Å². The average molecular weight is 316 g/mol. The van der Waals surface area contributed by atoms with Crippen molar-refractivity contribution in [1.29, 1.82) is 0 Å². The minimum Gasteiger partial charge on any atom is -0.298 e. The fourth-order valence-electron chi connectivity index (χ4n) is 1.25. The Kier molecular flexibility index (Phi) is 4.27. The third-order valence-electron chi connectivity index (χ3n) is 1.97. The summed E-state index contributed by atoms with van der Waals surface area (Å²) in [6, 6.07) is 0. The Morgan fingerprint density at radius 1 is 1.75 bits per heavy atom. The molecule has 0 aromatic heterocycles. The van der Waals surface area contributed by atoms with E-state index >= 15 is 0 Å². The molecule has 0 spiro atoms. The van der Waals surface area contributed by atoms with E-state index in [-0.39, 0.29) is 16.5 Å². The first-order chi connectivity index (χ1) is 5.65. The van der Waals surface area contributed by atoms with Crippen molar-refractivity contribution in [2.75, 3.05) is 5.33 Å². The van der Waals surface area contributed by atoms with E-state index < -0.39 is 0 Å². The number of halogens is 3. The van der Waals surface area contributed by atoms with E-state index in [4.69, 9.17) is 11.6 Å². The molecular weight excluding hydrogens is 307 g/mol. The summed E-state index contributed by atoms with van der Waals surface area (Å²) < 4.78 is 0. The van der Waals surface area contributed by atoms with Gasteiger partial charge in [-0.25, -0.2) is 0 Å². The molecule has 1 aliphatic carbocycles. The summed E-state index contributed by atoms with van der Waals surface area (Å²) in [5, 5.41) is 1.29. The molecule has 12 heavy (non-hydrogen) atoms. The van der Waals surface area contributed by atoms with Gasteiger partial charge in [0.25, 0.3) is 0 Å². The molecule has 0 saturated carbocycles. The van der Waals surface area contributed by atoms with Crippen LogP contribution in [0.5, 0.6) is 0 Å². The zero-order valence-electron chi connectivity index (χ0n) is 6.40. The maximum Gasteiger partial charge on any atom is 0.147 e. The van der Waals surface area contributed by atoms with Crippen LogP contribution in [0.15, 0.2) is 11.1 Å². The van der Waals surface area contributed by atoms with Gasteiger partial charge in [-0.05, 0) is 12.8 Å². The molecule has 2 unspecified atom stereocenters. The summed E-state index contributed by atoms with van der Waals surface area (Å²) in [7, 11) is 0. The molecule has 0 bridgehead atoms. The van der Waals surface area contributed by atoms with Gasteiger partial charge in [0.05, 0.1) is 5.33 Å². The first-order valence-electron chi connectivity index (χ1n) is 3.72. The molecule has 0 amide bonds. The largest absolute Gasteiger partial charge is 0.298 e. The van der Waals surface area contributed by atoms with Crippen LogP contribution >= 0.6 is 43.5 Å².